The molecule has 0 bridgehead atoms. The summed E-state index contributed by atoms with van der Waals surface area (Å²) in [6, 6.07) is 7.30. The Morgan fingerprint density at radius 1 is 1.02 bits per heavy atom. The summed E-state index contributed by atoms with van der Waals surface area (Å²) in [6.45, 7) is 14.0. The van der Waals surface area contributed by atoms with Crippen molar-refractivity contribution in [1.29, 1.82) is 0 Å². The third-order valence-electron chi connectivity index (χ3n) is 8.54. The molecule has 0 saturated carbocycles. The van der Waals surface area contributed by atoms with Gasteiger partial charge in [-0.25, -0.2) is 18.2 Å². The van der Waals surface area contributed by atoms with Crippen molar-refractivity contribution in [2.45, 2.75) is 84.7 Å². The molecule has 0 radical (unpaired) electrons. The maximum Gasteiger partial charge on any atom is 0.263 e. The predicted molar refractivity (Wildman–Crippen MR) is 150 cm³/mol. The van der Waals surface area contributed by atoms with Crippen LogP contribution in [0.1, 0.15) is 70.0 Å². The number of piperazine rings is 1. The van der Waals surface area contributed by atoms with Crippen LogP contribution in [0, 0.1) is 12.8 Å². The minimum absolute atomic E-state index is 0.0608. The lowest BCUT2D eigenvalue weighted by Crippen LogP contribution is -2.58. The van der Waals surface area contributed by atoms with Crippen LogP contribution in [0.3, 0.4) is 0 Å². The number of ether oxygens (including phenoxy) is 1. The fourth-order valence-electron chi connectivity index (χ4n) is 6.59. The van der Waals surface area contributed by atoms with E-state index in [0.717, 1.165) is 67.5 Å². The molecule has 9 nitrogen and oxygen atoms in total. The second-order valence-electron chi connectivity index (χ2n) is 11.7. The van der Waals surface area contributed by atoms with Crippen LogP contribution in [0.25, 0.3) is 16.9 Å². The Bertz CT molecular complexity index is 1480. The summed E-state index contributed by atoms with van der Waals surface area (Å²) < 4.78 is 36.5. The van der Waals surface area contributed by atoms with Crippen molar-refractivity contribution in [3.05, 3.63) is 47.5 Å². The van der Waals surface area contributed by atoms with Crippen molar-refractivity contribution >= 4 is 22.8 Å². The number of aromatic nitrogens is 6. The minimum Gasteiger partial charge on any atom is -0.376 e. The van der Waals surface area contributed by atoms with Crippen LogP contribution >= 0.6 is 0 Å². The van der Waals surface area contributed by atoms with Gasteiger partial charge in [0.1, 0.15) is 17.7 Å². The van der Waals surface area contributed by atoms with Crippen LogP contribution < -0.4 is 4.90 Å². The molecular weight excluding hydrogens is 514 g/mol. The molecule has 2 saturated heterocycles. The molecular formula is C29H38F2N8O. The van der Waals surface area contributed by atoms with Crippen molar-refractivity contribution < 1.29 is 13.5 Å². The van der Waals surface area contributed by atoms with E-state index in [-0.39, 0.29) is 29.8 Å². The first-order valence-electron chi connectivity index (χ1n) is 14.3. The molecule has 1 aromatic carbocycles. The molecule has 2 fully saturated rings. The number of imidazole rings is 1. The lowest BCUT2D eigenvalue weighted by Gasteiger charge is -2.49. The summed E-state index contributed by atoms with van der Waals surface area (Å²) in [5.41, 5.74) is 2.92. The molecule has 11 heteroatoms. The fraction of sp³-hybridized carbons (Fsp3) is 0.586. The molecule has 4 aromatic rings. The standard InChI is InChI=1S/C29H38F2N8O/c1-17(2)25(21-8-10-22(11-9-21)26(30)31)36-13-19(4)37(14-18(36)3)27-24-28(39-16-32-35-29(39)34-27)38(20(5)33-24)15-23-7-6-12-40-23/h8-11,16-19,23,25-26H,6-7,12-15H2,1-5H3/t18-,19+,23?,25+/m1/s1. The predicted octanol–water partition coefficient (Wildman–Crippen LogP) is 5.20. The van der Waals surface area contributed by atoms with E-state index in [9.17, 15) is 8.78 Å². The Balaban J connectivity index is 1.34. The molecule has 0 amide bonds. The van der Waals surface area contributed by atoms with Gasteiger partial charge in [0, 0.05) is 43.4 Å². The molecule has 0 aliphatic carbocycles. The van der Waals surface area contributed by atoms with Gasteiger partial charge in [-0.2, -0.15) is 4.98 Å². The van der Waals surface area contributed by atoms with E-state index in [2.05, 4.69) is 52.3 Å². The topological polar surface area (TPSA) is 76.6 Å². The second-order valence-corrected chi connectivity index (χ2v) is 11.7. The Hall–Kier alpha value is -3.18. The van der Waals surface area contributed by atoms with Gasteiger partial charge in [-0.05, 0) is 45.1 Å². The lowest BCUT2D eigenvalue weighted by molar-refractivity contribution is 0.0821. The average Bonchev–Trinajstić information content (AvgIpc) is 3.67. The van der Waals surface area contributed by atoms with E-state index in [0.29, 0.717) is 11.7 Å². The summed E-state index contributed by atoms with van der Waals surface area (Å²) in [6.07, 6.45) is 1.54. The van der Waals surface area contributed by atoms with E-state index in [1.54, 1.807) is 18.5 Å². The zero-order valence-electron chi connectivity index (χ0n) is 23.8. The Labute approximate surface area is 233 Å². The number of hydrogen-bond acceptors (Lipinski definition) is 7. The van der Waals surface area contributed by atoms with Crippen LogP contribution in [0.4, 0.5) is 14.6 Å². The Kier molecular flexibility index (Phi) is 7.20. The normalized spacial score (nSPS) is 23.3. The van der Waals surface area contributed by atoms with Gasteiger partial charge in [-0.1, -0.05) is 38.1 Å². The van der Waals surface area contributed by atoms with Crippen molar-refractivity contribution in [1.82, 2.24) is 34.0 Å². The summed E-state index contributed by atoms with van der Waals surface area (Å²) in [7, 11) is 0. The molecule has 0 spiro atoms. The number of hydrogen-bond donors (Lipinski definition) is 0. The molecule has 4 atom stereocenters. The second kappa shape index (κ2) is 10.7. The number of fused-ring (bicyclic) bond motifs is 3. The maximum atomic E-state index is 13.2. The highest BCUT2D eigenvalue weighted by atomic mass is 19.3. The lowest BCUT2D eigenvalue weighted by atomic mass is 9.91. The highest BCUT2D eigenvalue weighted by Crippen LogP contribution is 2.37. The van der Waals surface area contributed by atoms with Gasteiger partial charge in [-0.3, -0.25) is 4.90 Å². The third kappa shape index (κ3) is 4.72. The highest BCUT2D eigenvalue weighted by Gasteiger charge is 2.37. The van der Waals surface area contributed by atoms with Crippen LogP contribution in [0.15, 0.2) is 30.6 Å². The molecule has 3 aromatic heterocycles. The summed E-state index contributed by atoms with van der Waals surface area (Å²) >= 11 is 0. The SMILES string of the molecule is Cc1nc2c(N3C[C@@H](C)N([C@H](c4ccc(C(F)F)cc4)C(C)C)C[C@@H]3C)nc3nncn3c2n1CC1CCCO1. The van der Waals surface area contributed by atoms with Crippen molar-refractivity contribution in [3.8, 4) is 0 Å². The van der Waals surface area contributed by atoms with Crippen LogP contribution in [-0.4, -0.2) is 71.9 Å². The van der Waals surface area contributed by atoms with Gasteiger partial charge in [-0.15, -0.1) is 10.2 Å². The van der Waals surface area contributed by atoms with Gasteiger partial charge < -0.3 is 14.2 Å². The molecule has 214 valence electrons. The Morgan fingerprint density at radius 3 is 2.45 bits per heavy atom. The molecule has 2 aliphatic rings. The van der Waals surface area contributed by atoms with Crippen LogP contribution in [-0.2, 0) is 11.3 Å². The van der Waals surface area contributed by atoms with Gasteiger partial charge >= 0.3 is 0 Å². The third-order valence-corrected chi connectivity index (χ3v) is 8.54. The fourth-order valence-corrected chi connectivity index (χ4v) is 6.59. The smallest absolute Gasteiger partial charge is 0.263 e. The van der Waals surface area contributed by atoms with Gasteiger partial charge in [0.15, 0.2) is 11.5 Å². The van der Waals surface area contributed by atoms with Gasteiger partial charge in [0.25, 0.3) is 12.2 Å². The van der Waals surface area contributed by atoms with Gasteiger partial charge in [0.05, 0.1) is 12.6 Å². The number of aryl methyl sites for hydroxylation is 1. The average molecular weight is 553 g/mol. The summed E-state index contributed by atoms with van der Waals surface area (Å²) in [4.78, 5) is 14.8. The van der Waals surface area contributed by atoms with E-state index < -0.39 is 6.43 Å². The van der Waals surface area contributed by atoms with E-state index >= 15 is 0 Å². The highest BCUT2D eigenvalue weighted by molar-refractivity contribution is 5.87. The zero-order chi connectivity index (χ0) is 28.1. The van der Waals surface area contributed by atoms with Crippen LogP contribution in [0.2, 0.25) is 0 Å². The quantitative estimate of drug-likeness (QED) is 0.312. The van der Waals surface area contributed by atoms with Crippen molar-refractivity contribution in [2.24, 2.45) is 5.92 Å². The molecule has 2 aliphatic heterocycles. The van der Waals surface area contributed by atoms with E-state index in [1.807, 2.05) is 23.5 Å². The van der Waals surface area contributed by atoms with E-state index in [1.165, 1.54) is 0 Å². The van der Waals surface area contributed by atoms with E-state index in [4.69, 9.17) is 14.7 Å². The summed E-state index contributed by atoms with van der Waals surface area (Å²) in [5, 5.41) is 8.48. The molecule has 5 heterocycles. The zero-order valence-corrected chi connectivity index (χ0v) is 23.8. The molecule has 0 N–H and O–H groups in total. The van der Waals surface area contributed by atoms with Crippen molar-refractivity contribution in [3.63, 3.8) is 0 Å². The monoisotopic (exact) mass is 552 g/mol. The molecule has 40 heavy (non-hydrogen) atoms. The first kappa shape index (κ1) is 27.0. The number of benzene rings is 1. The summed E-state index contributed by atoms with van der Waals surface area (Å²) in [5.74, 6) is 2.61. The largest absolute Gasteiger partial charge is 0.376 e. The number of rotatable bonds is 7. The number of halogens is 2. The first-order chi connectivity index (χ1) is 19.2. The number of anilines is 1. The Morgan fingerprint density at radius 2 is 1.77 bits per heavy atom. The molecule has 6 rings (SSSR count). The van der Waals surface area contributed by atoms with Crippen molar-refractivity contribution in [2.75, 3.05) is 24.6 Å². The first-order valence-corrected chi connectivity index (χ1v) is 14.3. The number of nitrogens with zero attached hydrogens (tertiary/aromatic N) is 8. The number of alkyl halides is 2. The molecule has 1 unspecified atom stereocenters. The minimum atomic E-state index is -2.46. The van der Waals surface area contributed by atoms with Crippen LogP contribution in [0.5, 0.6) is 0 Å². The maximum absolute atomic E-state index is 13.2. The van der Waals surface area contributed by atoms with Gasteiger partial charge in [0.2, 0.25) is 0 Å².